The monoisotopic (exact) mass is 505 g/mol. The van der Waals surface area contributed by atoms with Gasteiger partial charge in [-0.05, 0) is 46.9 Å². The van der Waals surface area contributed by atoms with E-state index in [2.05, 4.69) is 174 Å². The summed E-state index contributed by atoms with van der Waals surface area (Å²) in [7, 11) is 0. The molecule has 39 heavy (non-hydrogen) atoms. The normalized spacial score (nSPS) is 11.3. The number of benzene rings is 5. The lowest BCUT2D eigenvalue weighted by Crippen LogP contribution is -2.38. The molecule has 0 fully saturated rings. The predicted octanol–water partition coefficient (Wildman–Crippen LogP) is 8.37. The van der Waals surface area contributed by atoms with Gasteiger partial charge in [-0.1, -0.05) is 133 Å². The van der Waals surface area contributed by atoms with Crippen molar-refractivity contribution >= 4 is 11.5 Å². The summed E-state index contributed by atoms with van der Waals surface area (Å²) in [5.41, 5.74) is 6.39. The van der Waals surface area contributed by atoms with Gasteiger partial charge in [0.05, 0.1) is 0 Å². The standard InChI is InChI=1S/C36H31N3/c1-29-15-14-24-34(27-29)38(28-30-16-6-2-7-17-30)35-25-26-39(37-35)36(31-18-8-3-9-19-31,32-20-10-4-11-21-32)33-22-12-5-13-23-33/h2-27H,28H2,1H3. The molecule has 1 heterocycles. The largest absolute Gasteiger partial charge is 0.320 e. The summed E-state index contributed by atoms with van der Waals surface area (Å²) in [5, 5.41) is 5.36. The summed E-state index contributed by atoms with van der Waals surface area (Å²) in [6.45, 7) is 2.85. The van der Waals surface area contributed by atoms with E-state index >= 15 is 0 Å². The van der Waals surface area contributed by atoms with Gasteiger partial charge in [-0.3, -0.25) is 4.68 Å². The second kappa shape index (κ2) is 10.8. The van der Waals surface area contributed by atoms with Crippen molar-refractivity contribution in [3.63, 3.8) is 0 Å². The van der Waals surface area contributed by atoms with Gasteiger partial charge in [0.2, 0.25) is 0 Å². The van der Waals surface area contributed by atoms with Gasteiger partial charge in [-0.2, -0.15) is 5.10 Å². The molecule has 0 aliphatic heterocycles. The Bertz CT molecular complexity index is 1530. The van der Waals surface area contributed by atoms with Gasteiger partial charge in [0, 0.05) is 24.5 Å². The second-order valence-electron chi connectivity index (χ2n) is 9.84. The van der Waals surface area contributed by atoms with Crippen molar-refractivity contribution in [3.8, 4) is 0 Å². The zero-order valence-corrected chi connectivity index (χ0v) is 22.1. The van der Waals surface area contributed by atoms with E-state index < -0.39 is 5.54 Å². The molecule has 6 rings (SSSR count). The molecule has 0 atom stereocenters. The van der Waals surface area contributed by atoms with Gasteiger partial charge < -0.3 is 4.90 Å². The number of hydrogen-bond donors (Lipinski definition) is 0. The van der Waals surface area contributed by atoms with Crippen LogP contribution in [0.4, 0.5) is 11.5 Å². The Labute approximate surface area is 230 Å². The fourth-order valence-electron chi connectivity index (χ4n) is 5.45. The third-order valence-electron chi connectivity index (χ3n) is 7.27. The van der Waals surface area contributed by atoms with Crippen LogP contribution in [0, 0.1) is 6.92 Å². The van der Waals surface area contributed by atoms with Gasteiger partial charge >= 0.3 is 0 Å². The van der Waals surface area contributed by atoms with Crippen LogP contribution in [0.15, 0.2) is 158 Å². The topological polar surface area (TPSA) is 21.1 Å². The number of aromatic nitrogens is 2. The molecule has 0 amide bonds. The number of rotatable bonds is 8. The van der Waals surface area contributed by atoms with Crippen molar-refractivity contribution in [1.29, 1.82) is 0 Å². The van der Waals surface area contributed by atoms with Crippen LogP contribution in [0.3, 0.4) is 0 Å². The summed E-state index contributed by atoms with van der Waals surface area (Å²) in [5.74, 6) is 0.900. The fraction of sp³-hybridized carbons (Fsp3) is 0.0833. The Morgan fingerprint density at radius 3 is 1.62 bits per heavy atom. The summed E-state index contributed by atoms with van der Waals surface area (Å²) >= 11 is 0. The van der Waals surface area contributed by atoms with Gasteiger partial charge in [0.25, 0.3) is 0 Å². The predicted molar refractivity (Wildman–Crippen MR) is 160 cm³/mol. The smallest absolute Gasteiger partial charge is 0.155 e. The quantitative estimate of drug-likeness (QED) is 0.194. The molecule has 0 saturated heterocycles. The molecule has 3 nitrogen and oxygen atoms in total. The highest BCUT2D eigenvalue weighted by Gasteiger charge is 2.39. The maximum atomic E-state index is 5.36. The SMILES string of the molecule is Cc1cccc(N(Cc2ccccc2)c2ccn(C(c3ccccc3)(c3ccccc3)c3ccccc3)n2)c1. The molecule has 0 N–H and O–H groups in total. The van der Waals surface area contributed by atoms with E-state index in [1.165, 1.54) is 11.1 Å². The molecule has 0 saturated carbocycles. The molecule has 0 radical (unpaired) electrons. The van der Waals surface area contributed by atoms with Crippen LogP contribution in [0.25, 0.3) is 0 Å². The molecule has 6 aromatic rings. The fourth-order valence-corrected chi connectivity index (χ4v) is 5.45. The number of aryl methyl sites for hydroxylation is 1. The molecular weight excluding hydrogens is 474 g/mol. The first kappa shape index (κ1) is 24.4. The zero-order chi connectivity index (χ0) is 26.5. The molecule has 0 aliphatic carbocycles. The average Bonchev–Trinajstić information content (AvgIpc) is 3.49. The third kappa shape index (κ3) is 4.75. The molecule has 0 aliphatic rings. The highest BCUT2D eigenvalue weighted by atomic mass is 15.4. The van der Waals surface area contributed by atoms with Crippen LogP contribution in [0.5, 0.6) is 0 Å². The van der Waals surface area contributed by atoms with Crippen LogP contribution >= 0.6 is 0 Å². The minimum absolute atomic E-state index is 0.646. The minimum atomic E-state index is -0.646. The molecule has 1 aromatic heterocycles. The van der Waals surface area contributed by atoms with E-state index in [9.17, 15) is 0 Å². The van der Waals surface area contributed by atoms with E-state index in [0.29, 0.717) is 0 Å². The first-order valence-electron chi connectivity index (χ1n) is 13.4. The second-order valence-corrected chi connectivity index (χ2v) is 9.84. The van der Waals surface area contributed by atoms with E-state index in [4.69, 9.17) is 5.10 Å². The van der Waals surface area contributed by atoms with Crippen LogP contribution in [-0.4, -0.2) is 9.78 Å². The Kier molecular flexibility index (Phi) is 6.80. The Hall–Kier alpha value is -4.89. The van der Waals surface area contributed by atoms with Gasteiger partial charge in [-0.25, -0.2) is 0 Å². The summed E-state index contributed by atoms with van der Waals surface area (Å²) in [4.78, 5) is 2.30. The molecule has 0 spiro atoms. The average molecular weight is 506 g/mol. The Morgan fingerprint density at radius 1 is 0.590 bits per heavy atom. The summed E-state index contributed by atoms with van der Waals surface area (Å²) < 4.78 is 2.14. The first-order valence-corrected chi connectivity index (χ1v) is 13.4. The van der Waals surface area contributed by atoms with Crippen molar-refractivity contribution in [2.45, 2.75) is 19.0 Å². The Balaban J connectivity index is 1.56. The van der Waals surface area contributed by atoms with Crippen molar-refractivity contribution in [2.75, 3.05) is 4.90 Å². The molecule has 190 valence electrons. The molecular formula is C36H31N3. The maximum Gasteiger partial charge on any atom is 0.155 e. The van der Waals surface area contributed by atoms with Crippen molar-refractivity contribution in [2.24, 2.45) is 0 Å². The highest BCUT2D eigenvalue weighted by molar-refractivity contribution is 5.61. The van der Waals surface area contributed by atoms with Crippen molar-refractivity contribution in [3.05, 3.63) is 186 Å². The van der Waals surface area contributed by atoms with Gasteiger partial charge in [0.1, 0.15) is 5.54 Å². The zero-order valence-electron chi connectivity index (χ0n) is 22.1. The van der Waals surface area contributed by atoms with Gasteiger partial charge in [0.15, 0.2) is 5.82 Å². The molecule has 0 unspecified atom stereocenters. The van der Waals surface area contributed by atoms with Crippen LogP contribution in [0.2, 0.25) is 0 Å². The lowest BCUT2D eigenvalue weighted by atomic mass is 9.77. The van der Waals surface area contributed by atoms with Crippen LogP contribution in [0.1, 0.15) is 27.8 Å². The number of anilines is 2. The van der Waals surface area contributed by atoms with E-state index in [-0.39, 0.29) is 0 Å². The number of nitrogens with zero attached hydrogens (tertiary/aromatic N) is 3. The van der Waals surface area contributed by atoms with Crippen LogP contribution < -0.4 is 4.90 Å². The van der Waals surface area contributed by atoms with Crippen LogP contribution in [-0.2, 0) is 12.1 Å². The number of hydrogen-bond acceptors (Lipinski definition) is 2. The summed E-state index contributed by atoms with van der Waals surface area (Å²) in [6, 6.07) is 53.4. The lowest BCUT2D eigenvalue weighted by Gasteiger charge is -2.36. The molecule has 3 heteroatoms. The minimum Gasteiger partial charge on any atom is -0.320 e. The van der Waals surface area contributed by atoms with E-state index in [0.717, 1.165) is 34.7 Å². The van der Waals surface area contributed by atoms with Gasteiger partial charge in [-0.15, -0.1) is 0 Å². The van der Waals surface area contributed by atoms with E-state index in [1.807, 2.05) is 0 Å². The first-order chi connectivity index (χ1) is 19.2. The molecule has 0 bridgehead atoms. The maximum absolute atomic E-state index is 5.36. The highest BCUT2D eigenvalue weighted by Crippen LogP contribution is 2.41. The molecule has 5 aromatic carbocycles. The summed E-state index contributed by atoms with van der Waals surface area (Å²) in [6.07, 6.45) is 2.12. The van der Waals surface area contributed by atoms with E-state index in [1.54, 1.807) is 0 Å². The van der Waals surface area contributed by atoms with Crippen molar-refractivity contribution < 1.29 is 0 Å². The Morgan fingerprint density at radius 2 is 1.10 bits per heavy atom. The van der Waals surface area contributed by atoms with Crippen molar-refractivity contribution in [1.82, 2.24) is 9.78 Å². The third-order valence-corrected chi connectivity index (χ3v) is 7.27. The lowest BCUT2D eigenvalue weighted by molar-refractivity contribution is 0.460.